The third-order valence-corrected chi connectivity index (χ3v) is 4.24. The molecular weight excluding hydrogens is 365 g/mol. The average Bonchev–Trinajstić information content (AvgIpc) is 2.50. The van der Waals surface area contributed by atoms with E-state index in [1.807, 2.05) is 0 Å². The first-order valence-electron chi connectivity index (χ1n) is 8.40. The highest BCUT2D eigenvalue weighted by Gasteiger charge is 2.26. The van der Waals surface area contributed by atoms with Gasteiger partial charge in [0.05, 0.1) is 5.56 Å². The van der Waals surface area contributed by atoms with Crippen molar-refractivity contribution in [2.75, 3.05) is 5.32 Å². The van der Waals surface area contributed by atoms with Gasteiger partial charge in [-0.15, -0.1) is 0 Å². The van der Waals surface area contributed by atoms with Crippen LogP contribution < -0.4 is 10.6 Å². The van der Waals surface area contributed by atoms with Gasteiger partial charge in [-0.05, 0) is 52.5 Å². The van der Waals surface area contributed by atoms with Crippen molar-refractivity contribution in [3.63, 3.8) is 0 Å². The molecule has 7 nitrogen and oxygen atoms in total. The first-order valence-corrected chi connectivity index (χ1v) is 8.78. The molecule has 0 radical (unpaired) electrons. The molecule has 2 rings (SSSR count). The van der Waals surface area contributed by atoms with E-state index in [0.717, 1.165) is 6.07 Å². The third-order valence-electron chi connectivity index (χ3n) is 3.95. The molecule has 0 unspecified atom stereocenters. The van der Waals surface area contributed by atoms with Crippen molar-refractivity contribution in [3.05, 3.63) is 22.6 Å². The summed E-state index contributed by atoms with van der Waals surface area (Å²) in [6, 6.07) is 0.814. The zero-order valence-electron chi connectivity index (χ0n) is 14.9. The zero-order valence-corrected chi connectivity index (χ0v) is 15.7. The van der Waals surface area contributed by atoms with E-state index in [1.165, 1.54) is 0 Å². The fourth-order valence-corrected chi connectivity index (χ4v) is 2.99. The molecule has 1 aliphatic rings. The Balaban J connectivity index is 1.88. The van der Waals surface area contributed by atoms with Crippen molar-refractivity contribution < 1.29 is 23.8 Å². The van der Waals surface area contributed by atoms with Crippen molar-refractivity contribution >= 4 is 29.5 Å². The molecule has 26 heavy (non-hydrogen) atoms. The van der Waals surface area contributed by atoms with Crippen molar-refractivity contribution in [1.82, 2.24) is 10.3 Å². The van der Waals surface area contributed by atoms with Crippen LogP contribution in [-0.2, 0) is 4.74 Å². The molecule has 1 aromatic heterocycles. The van der Waals surface area contributed by atoms with E-state index in [-0.39, 0.29) is 28.6 Å². The van der Waals surface area contributed by atoms with E-state index in [4.69, 9.17) is 21.4 Å². The summed E-state index contributed by atoms with van der Waals surface area (Å²) >= 11 is 5.79. The standard InChI is InChI=1S/C17H23ClFN3O4/c1-17(2,3)26-16(25)21-10-6-4-9(5-7-10)20-14-12(19)8-11(15(23)24)13(18)22-14/h8-10H,4-7H2,1-3H3,(H,20,22)(H,21,25)(H,23,24). The summed E-state index contributed by atoms with van der Waals surface area (Å²) in [5, 5.41) is 14.5. The summed E-state index contributed by atoms with van der Waals surface area (Å²) < 4.78 is 19.3. The quantitative estimate of drug-likeness (QED) is 0.679. The second-order valence-corrected chi connectivity index (χ2v) is 7.66. The molecule has 0 aromatic carbocycles. The highest BCUT2D eigenvalue weighted by molar-refractivity contribution is 6.32. The van der Waals surface area contributed by atoms with E-state index in [2.05, 4.69) is 15.6 Å². The Morgan fingerprint density at radius 2 is 1.85 bits per heavy atom. The van der Waals surface area contributed by atoms with Crippen molar-refractivity contribution in [2.24, 2.45) is 0 Å². The summed E-state index contributed by atoms with van der Waals surface area (Å²) in [6.45, 7) is 5.40. The molecule has 0 spiro atoms. The molecule has 9 heteroatoms. The highest BCUT2D eigenvalue weighted by Crippen LogP contribution is 2.25. The maximum atomic E-state index is 14.0. The number of amides is 1. The number of nitrogens with one attached hydrogen (secondary N) is 2. The van der Waals surface area contributed by atoms with Gasteiger partial charge in [0.15, 0.2) is 11.6 Å². The number of alkyl carbamates (subject to hydrolysis) is 1. The Bertz CT molecular complexity index is 685. The summed E-state index contributed by atoms with van der Waals surface area (Å²) in [4.78, 5) is 26.5. The maximum absolute atomic E-state index is 14.0. The van der Waals surface area contributed by atoms with Crippen LogP contribution in [-0.4, -0.2) is 39.8 Å². The Morgan fingerprint density at radius 3 is 2.38 bits per heavy atom. The van der Waals surface area contributed by atoms with Gasteiger partial charge in [0.25, 0.3) is 0 Å². The van der Waals surface area contributed by atoms with Gasteiger partial charge >= 0.3 is 12.1 Å². The van der Waals surface area contributed by atoms with Crippen LogP contribution in [0.1, 0.15) is 56.8 Å². The lowest BCUT2D eigenvalue weighted by Gasteiger charge is -2.30. The molecule has 3 N–H and O–H groups in total. The lowest BCUT2D eigenvalue weighted by atomic mass is 9.91. The number of halogens is 2. The molecule has 1 heterocycles. The van der Waals surface area contributed by atoms with Crippen LogP contribution in [0.2, 0.25) is 5.15 Å². The molecule has 1 fully saturated rings. The SMILES string of the molecule is CC(C)(C)OC(=O)NC1CCC(Nc2nc(Cl)c(C(=O)O)cc2F)CC1. The largest absolute Gasteiger partial charge is 0.478 e. The van der Waals surface area contributed by atoms with Gasteiger partial charge in [0.2, 0.25) is 0 Å². The number of aromatic nitrogens is 1. The number of carboxylic acids is 1. The number of pyridine rings is 1. The topological polar surface area (TPSA) is 101 Å². The van der Waals surface area contributed by atoms with Gasteiger partial charge in [0.1, 0.15) is 10.8 Å². The van der Waals surface area contributed by atoms with Crippen LogP contribution in [0.25, 0.3) is 0 Å². The summed E-state index contributed by atoms with van der Waals surface area (Å²) in [7, 11) is 0. The molecule has 1 amide bonds. The molecule has 0 bridgehead atoms. The van der Waals surface area contributed by atoms with E-state index in [9.17, 15) is 14.0 Å². The Kier molecular flexibility index (Phi) is 6.28. The number of carboxylic acid groups (broad SMARTS) is 1. The van der Waals surface area contributed by atoms with Crippen LogP contribution in [0.4, 0.5) is 15.0 Å². The third kappa shape index (κ3) is 5.72. The molecule has 0 aliphatic heterocycles. The number of hydrogen-bond acceptors (Lipinski definition) is 5. The van der Waals surface area contributed by atoms with E-state index < -0.39 is 23.5 Å². The zero-order chi connectivity index (χ0) is 19.5. The van der Waals surface area contributed by atoms with Crippen molar-refractivity contribution in [3.8, 4) is 0 Å². The van der Waals surface area contributed by atoms with E-state index >= 15 is 0 Å². The van der Waals surface area contributed by atoms with Gasteiger partial charge in [0, 0.05) is 12.1 Å². The van der Waals surface area contributed by atoms with Gasteiger partial charge in [-0.25, -0.2) is 19.0 Å². The highest BCUT2D eigenvalue weighted by atomic mass is 35.5. The van der Waals surface area contributed by atoms with Crippen LogP contribution in [0.5, 0.6) is 0 Å². The summed E-state index contributed by atoms with van der Waals surface area (Å²) in [5.74, 6) is -2.16. The van der Waals surface area contributed by atoms with Crippen LogP contribution in [0, 0.1) is 5.82 Å². The van der Waals surface area contributed by atoms with Gasteiger partial charge < -0.3 is 20.5 Å². The molecule has 1 aliphatic carbocycles. The van der Waals surface area contributed by atoms with Crippen molar-refractivity contribution in [2.45, 2.75) is 64.1 Å². The minimum absolute atomic E-state index is 0.00122. The number of nitrogens with zero attached hydrogens (tertiary/aromatic N) is 1. The smallest absolute Gasteiger partial charge is 0.407 e. The second-order valence-electron chi connectivity index (χ2n) is 7.30. The average molecular weight is 388 g/mol. The summed E-state index contributed by atoms with van der Waals surface area (Å²) in [6.07, 6.45) is 2.36. The van der Waals surface area contributed by atoms with Crippen LogP contribution >= 0.6 is 11.6 Å². The molecule has 144 valence electrons. The Hall–Kier alpha value is -2.09. The Labute approximate surface area is 156 Å². The van der Waals surface area contributed by atoms with Gasteiger partial charge in [-0.1, -0.05) is 11.6 Å². The molecule has 0 atom stereocenters. The molecular formula is C17H23ClFN3O4. The first-order chi connectivity index (χ1) is 12.0. The fraction of sp³-hybridized carbons (Fsp3) is 0.588. The molecule has 0 saturated heterocycles. The number of carbonyl (C=O) groups is 2. The van der Waals surface area contributed by atoms with Crippen LogP contribution in [0.3, 0.4) is 0 Å². The monoisotopic (exact) mass is 387 g/mol. The van der Waals surface area contributed by atoms with Gasteiger partial charge in [-0.2, -0.15) is 0 Å². The lowest BCUT2D eigenvalue weighted by molar-refractivity contribution is 0.0491. The van der Waals surface area contributed by atoms with Gasteiger partial charge in [-0.3, -0.25) is 0 Å². The lowest BCUT2D eigenvalue weighted by Crippen LogP contribution is -2.42. The number of aromatic carboxylic acids is 1. The minimum Gasteiger partial charge on any atom is -0.478 e. The van der Waals surface area contributed by atoms with Crippen LogP contribution in [0.15, 0.2) is 6.07 Å². The Morgan fingerprint density at radius 1 is 1.27 bits per heavy atom. The number of rotatable bonds is 4. The number of hydrogen-bond donors (Lipinski definition) is 3. The normalized spacial score (nSPS) is 20.3. The minimum atomic E-state index is -1.33. The first kappa shape index (κ1) is 20.2. The fourth-order valence-electron chi connectivity index (χ4n) is 2.77. The number of anilines is 1. The van der Waals surface area contributed by atoms with E-state index in [0.29, 0.717) is 25.7 Å². The maximum Gasteiger partial charge on any atom is 0.407 e. The predicted octanol–water partition coefficient (Wildman–Crippen LogP) is 3.82. The number of ether oxygens (including phenoxy) is 1. The predicted molar refractivity (Wildman–Crippen MR) is 95.2 cm³/mol. The second kappa shape index (κ2) is 8.07. The molecule has 1 saturated carbocycles. The molecule has 1 aromatic rings. The summed E-state index contributed by atoms with van der Waals surface area (Å²) in [5.41, 5.74) is -0.923. The number of carbonyl (C=O) groups excluding carboxylic acids is 1. The van der Waals surface area contributed by atoms with E-state index in [1.54, 1.807) is 20.8 Å². The van der Waals surface area contributed by atoms with Crippen molar-refractivity contribution in [1.29, 1.82) is 0 Å².